The van der Waals surface area contributed by atoms with Gasteiger partial charge in [0.2, 0.25) is 0 Å². The van der Waals surface area contributed by atoms with Crippen molar-refractivity contribution in [3.05, 3.63) is 101 Å². The minimum atomic E-state index is -0.763. The molecule has 0 spiro atoms. The Hall–Kier alpha value is -4.09. The van der Waals surface area contributed by atoms with Crippen molar-refractivity contribution in [2.45, 2.75) is 19.9 Å². The summed E-state index contributed by atoms with van der Waals surface area (Å²) in [6, 6.07) is 12.3. The molecule has 2 aromatic carbocycles. The highest BCUT2D eigenvalue weighted by Crippen LogP contribution is 2.31. The topological polar surface area (TPSA) is 122 Å². The van der Waals surface area contributed by atoms with Gasteiger partial charge in [-0.1, -0.05) is 23.5 Å². The zero-order chi connectivity index (χ0) is 26.5. The Morgan fingerprint density at radius 1 is 1.16 bits per heavy atom. The van der Waals surface area contributed by atoms with Gasteiger partial charge in [-0.05, 0) is 55.3 Å². The largest absolute Gasteiger partial charge is 0.494 e. The Kier molecular flexibility index (Phi) is 7.95. The van der Waals surface area contributed by atoms with Crippen molar-refractivity contribution in [1.29, 1.82) is 0 Å². The Morgan fingerprint density at radius 2 is 1.86 bits per heavy atom. The first-order chi connectivity index (χ1) is 17.8. The zero-order valence-corrected chi connectivity index (χ0v) is 21.3. The Bertz CT molecular complexity index is 1520. The summed E-state index contributed by atoms with van der Waals surface area (Å²) < 4.78 is 17.8. The molecule has 0 aliphatic carbocycles. The van der Waals surface area contributed by atoms with Crippen LogP contribution in [0.5, 0.6) is 5.75 Å². The van der Waals surface area contributed by atoms with E-state index in [0.29, 0.717) is 38.5 Å². The lowest BCUT2D eigenvalue weighted by Crippen LogP contribution is -2.40. The third kappa shape index (κ3) is 5.52. The maximum absolute atomic E-state index is 13.6. The molecule has 10 nitrogen and oxygen atoms in total. The highest BCUT2D eigenvalue weighted by atomic mass is 32.1. The summed E-state index contributed by atoms with van der Waals surface area (Å²) in [5.41, 5.74) is 1.65. The Balaban J connectivity index is 1.84. The second-order valence-corrected chi connectivity index (χ2v) is 9.07. The first-order valence-corrected chi connectivity index (χ1v) is 12.3. The summed E-state index contributed by atoms with van der Waals surface area (Å²) in [5, 5.41) is 11.0. The predicted molar refractivity (Wildman–Crippen MR) is 137 cm³/mol. The van der Waals surface area contributed by atoms with Gasteiger partial charge in [0.15, 0.2) is 4.80 Å². The summed E-state index contributed by atoms with van der Waals surface area (Å²) >= 11 is 1.18. The predicted octanol–water partition coefficient (Wildman–Crippen LogP) is 2.73. The zero-order valence-electron chi connectivity index (χ0n) is 20.5. The molecule has 11 heteroatoms. The van der Waals surface area contributed by atoms with Crippen LogP contribution in [0.1, 0.15) is 31.0 Å². The van der Waals surface area contributed by atoms with Gasteiger partial charge >= 0.3 is 5.97 Å². The van der Waals surface area contributed by atoms with Gasteiger partial charge in [-0.25, -0.2) is 9.79 Å². The number of esters is 1. The first kappa shape index (κ1) is 26.0. The second kappa shape index (κ2) is 11.3. The van der Waals surface area contributed by atoms with Gasteiger partial charge < -0.3 is 14.2 Å². The fourth-order valence-electron chi connectivity index (χ4n) is 3.95. The van der Waals surface area contributed by atoms with Crippen LogP contribution in [0.4, 0.5) is 5.69 Å². The van der Waals surface area contributed by atoms with Crippen molar-refractivity contribution in [3.8, 4) is 5.75 Å². The SMILES string of the molecule is CCOc1ccc(C2C(C(=O)OCCOC)=C(C)N=c3s/c(=C\c4ccc([N+](=O)[O-])cc4)c(=O)n32)cc1. The molecule has 37 heavy (non-hydrogen) atoms. The fraction of sp³-hybridized carbons (Fsp3) is 0.269. The van der Waals surface area contributed by atoms with E-state index in [-0.39, 0.29) is 30.0 Å². The van der Waals surface area contributed by atoms with Crippen LogP contribution in [0.3, 0.4) is 0 Å². The van der Waals surface area contributed by atoms with Gasteiger partial charge in [0.25, 0.3) is 11.2 Å². The normalized spacial score (nSPS) is 15.2. The molecule has 1 aliphatic heterocycles. The van der Waals surface area contributed by atoms with E-state index in [1.807, 2.05) is 19.1 Å². The molecule has 3 aromatic rings. The number of aromatic nitrogens is 1. The molecule has 192 valence electrons. The lowest BCUT2D eigenvalue weighted by molar-refractivity contribution is -0.384. The van der Waals surface area contributed by atoms with Gasteiger partial charge in [0.05, 0.1) is 40.0 Å². The van der Waals surface area contributed by atoms with Crippen LogP contribution in [0.15, 0.2) is 69.6 Å². The minimum Gasteiger partial charge on any atom is -0.494 e. The van der Waals surface area contributed by atoms with E-state index >= 15 is 0 Å². The number of non-ortho nitro benzene ring substituents is 1. The number of ether oxygens (including phenoxy) is 3. The fourth-order valence-corrected chi connectivity index (χ4v) is 5.00. The Labute approximate surface area is 215 Å². The average molecular weight is 524 g/mol. The number of rotatable bonds is 9. The van der Waals surface area contributed by atoms with E-state index in [9.17, 15) is 19.7 Å². The van der Waals surface area contributed by atoms with E-state index in [2.05, 4.69) is 4.99 Å². The summed E-state index contributed by atoms with van der Waals surface area (Å²) in [6.07, 6.45) is 1.65. The Morgan fingerprint density at radius 3 is 2.49 bits per heavy atom. The first-order valence-electron chi connectivity index (χ1n) is 11.5. The maximum atomic E-state index is 13.6. The molecule has 0 saturated heterocycles. The quantitative estimate of drug-likeness (QED) is 0.183. The van der Waals surface area contributed by atoms with Crippen molar-refractivity contribution in [1.82, 2.24) is 4.57 Å². The molecule has 0 fully saturated rings. The van der Waals surface area contributed by atoms with E-state index < -0.39 is 16.9 Å². The molecule has 0 N–H and O–H groups in total. The van der Waals surface area contributed by atoms with E-state index in [0.717, 1.165) is 0 Å². The highest BCUT2D eigenvalue weighted by Gasteiger charge is 2.33. The number of nitrogens with zero attached hydrogens (tertiary/aromatic N) is 3. The lowest BCUT2D eigenvalue weighted by atomic mass is 9.96. The number of nitro groups is 1. The average Bonchev–Trinajstić information content (AvgIpc) is 3.18. The number of thiazole rings is 1. The van der Waals surface area contributed by atoms with Crippen molar-refractivity contribution in [2.75, 3.05) is 26.9 Å². The van der Waals surface area contributed by atoms with Gasteiger partial charge in [0.1, 0.15) is 12.4 Å². The third-order valence-corrected chi connectivity index (χ3v) is 6.65. The number of carbonyl (C=O) groups is 1. The molecule has 1 atom stereocenters. The van der Waals surface area contributed by atoms with Crippen LogP contribution in [0.25, 0.3) is 6.08 Å². The van der Waals surface area contributed by atoms with Crippen LogP contribution < -0.4 is 19.6 Å². The molecule has 1 unspecified atom stereocenters. The van der Waals surface area contributed by atoms with Gasteiger partial charge in [0, 0.05) is 19.2 Å². The van der Waals surface area contributed by atoms with E-state index in [1.54, 1.807) is 37.3 Å². The number of benzene rings is 2. The number of allylic oxidation sites excluding steroid dienone is 1. The highest BCUT2D eigenvalue weighted by molar-refractivity contribution is 7.07. The molecule has 0 radical (unpaired) electrons. The van der Waals surface area contributed by atoms with Gasteiger partial charge in [-0.3, -0.25) is 19.5 Å². The van der Waals surface area contributed by atoms with Crippen molar-refractivity contribution in [2.24, 2.45) is 4.99 Å². The molecule has 0 saturated carbocycles. The molecule has 0 bridgehead atoms. The van der Waals surface area contributed by atoms with Crippen molar-refractivity contribution >= 4 is 29.1 Å². The number of methoxy groups -OCH3 is 1. The number of hydrogen-bond donors (Lipinski definition) is 0. The minimum absolute atomic E-state index is 0.0404. The number of nitro benzene ring substituents is 1. The van der Waals surface area contributed by atoms with Crippen molar-refractivity contribution < 1.29 is 23.9 Å². The standard InChI is InChI=1S/C26H25N3O7S/c1-4-35-20-11-7-18(8-12-20)23-22(25(31)36-14-13-34-3)16(2)27-26-28(23)24(30)21(37-26)15-17-5-9-19(10-6-17)29(32)33/h5-12,15,23H,4,13-14H2,1-3H3/b21-15-. The second-order valence-electron chi connectivity index (χ2n) is 8.06. The molecule has 0 amide bonds. The van der Waals surface area contributed by atoms with Crippen LogP contribution in [0, 0.1) is 10.1 Å². The van der Waals surface area contributed by atoms with Crippen LogP contribution in [-0.4, -0.2) is 42.4 Å². The van der Waals surface area contributed by atoms with Crippen LogP contribution in [-0.2, 0) is 14.3 Å². The summed E-state index contributed by atoms with van der Waals surface area (Å²) in [6.45, 7) is 4.40. The number of fused-ring (bicyclic) bond motifs is 1. The smallest absolute Gasteiger partial charge is 0.338 e. The molecule has 4 rings (SSSR count). The molecular formula is C26H25N3O7S. The summed E-state index contributed by atoms with van der Waals surface area (Å²) in [4.78, 5) is 42.2. The molecule has 1 aromatic heterocycles. The van der Waals surface area contributed by atoms with Crippen LogP contribution in [0.2, 0.25) is 0 Å². The van der Waals surface area contributed by atoms with Crippen LogP contribution >= 0.6 is 11.3 Å². The van der Waals surface area contributed by atoms with Crippen molar-refractivity contribution in [3.63, 3.8) is 0 Å². The summed E-state index contributed by atoms with van der Waals surface area (Å²) in [5.74, 6) is 0.0867. The van der Waals surface area contributed by atoms with E-state index in [1.165, 1.54) is 35.1 Å². The number of carbonyl (C=O) groups excluding carboxylic acids is 1. The molecule has 1 aliphatic rings. The van der Waals surface area contributed by atoms with Gasteiger partial charge in [-0.2, -0.15) is 0 Å². The maximum Gasteiger partial charge on any atom is 0.338 e. The molecular weight excluding hydrogens is 498 g/mol. The third-order valence-electron chi connectivity index (χ3n) is 5.67. The van der Waals surface area contributed by atoms with E-state index in [4.69, 9.17) is 14.2 Å². The summed E-state index contributed by atoms with van der Waals surface area (Å²) in [7, 11) is 1.51. The van der Waals surface area contributed by atoms with Gasteiger partial charge in [-0.15, -0.1) is 0 Å². The monoisotopic (exact) mass is 523 g/mol. The molecule has 2 heterocycles. The number of hydrogen-bond acceptors (Lipinski definition) is 9. The lowest BCUT2D eigenvalue weighted by Gasteiger charge is -2.25.